The van der Waals surface area contributed by atoms with E-state index < -0.39 is 0 Å². The summed E-state index contributed by atoms with van der Waals surface area (Å²) >= 11 is 5.75. The van der Waals surface area contributed by atoms with E-state index in [1.807, 2.05) is 6.92 Å². The van der Waals surface area contributed by atoms with E-state index in [9.17, 15) is 4.79 Å². The third kappa shape index (κ3) is 3.10. The van der Waals surface area contributed by atoms with Gasteiger partial charge in [0.05, 0.1) is 0 Å². The molecule has 0 aliphatic rings. The van der Waals surface area contributed by atoms with Gasteiger partial charge < -0.3 is 5.73 Å². The summed E-state index contributed by atoms with van der Waals surface area (Å²) in [4.78, 5) is 11.8. The summed E-state index contributed by atoms with van der Waals surface area (Å²) in [5.41, 5.74) is 7.57. The van der Waals surface area contributed by atoms with Crippen LogP contribution in [0.15, 0.2) is 30.4 Å². The van der Waals surface area contributed by atoms with E-state index in [4.69, 9.17) is 17.3 Å². The van der Waals surface area contributed by atoms with Gasteiger partial charge in [-0.1, -0.05) is 30.7 Å². The largest absolute Gasteiger partial charge is 0.398 e. The van der Waals surface area contributed by atoms with Crippen molar-refractivity contribution in [2.75, 3.05) is 5.73 Å². The number of carbonyl (C=O) groups is 1. The Morgan fingerprint density at radius 2 is 2.20 bits per heavy atom. The average molecular weight is 224 g/mol. The summed E-state index contributed by atoms with van der Waals surface area (Å²) in [5.74, 6) is -0.00369. The lowest BCUT2D eigenvalue weighted by molar-refractivity contribution is 0.0993. The van der Waals surface area contributed by atoms with Gasteiger partial charge in [-0.15, -0.1) is 0 Å². The molecule has 2 nitrogen and oxygen atoms in total. The van der Waals surface area contributed by atoms with Crippen LogP contribution in [0.1, 0.15) is 30.1 Å². The van der Waals surface area contributed by atoms with Crippen LogP contribution in [-0.4, -0.2) is 5.78 Å². The van der Waals surface area contributed by atoms with E-state index in [0.717, 1.165) is 12.0 Å². The lowest BCUT2D eigenvalue weighted by atomic mass is 10.0. The zero-order chi connectivity index (χ0) is 11.4. The molecule has 0 heterocycles. The number of nitrogens with two attached hydrogens (primary N) is 1. The van der Waals surface area contributed by atoms with Gasteiger partial charge in [0.15, 0.2) is 5.78 Å². The molecule has 3 heteroatoms. The zero-order valence-corrected chi connectivity index (χ0v) is 9.47. The number of hydrogen-bond acceptors (Lipinski definition) is 2. The number of anilines is 1. The maximum atomic E-state index is 11.8. The molecule has 0 bridgehead atoms. The zero-order valence-electron chi connectivity index (χ0n) is 8.72. The second-order valence-corrected chi connectivity index (χ2v) is 3.87. The smallest absolute Gasteiger partial charge is 0.168 e. The van der Waals surface area contributed by atoms with Gasteiger partial charge in [0, 0.05) is 22.7 Å². The summed E-state index contributed by atoms with van der Waals surface area (Å²) in [6.07, 6.45) is 1.15. The maximum Gasteiger partial charge on any atom is 0.168 e. The van der Waals surface area contributed by atoms with Crippen LogP contribution in [0.4, 0.5) is 5.69 Å². The molecule has 0 fully saturated rings. The molecule has 0 aliphatic carbocycles. The van der Waals surface area contributed by atoms with Gasteiger partial charge in [0.2, 0.25) is 0 Å². The molecule has 0 aromatic heterocycles. The van der Waals surface area contributed by atoms with E-state index >= 15 is 0 Å². The molecule has 15 heavy (non-hydrogen) atoms. The highest BCUT2D eigenvalue weighted by atomic mass is 35.5. The molecule has 0 unspecified atom stereocenters. The number of allylic oxidation sites excluding steroid dienone is 1. The summed E-state index contributed by atoms with van der Waals surface area (Å²) in [6.45, 7) is 5.77. The molecule has 0 spiro atoms. The normalized spacial score (nSPS) is 10.0. The Morgan fingerprint density at radius 3 is 2.73 bits per heavy atom. The molecule has 1 rings (SSSR count). The van der Waals surface area contributed by atoms with Crippen molar-refractivity contribution in [3.05, 3.63) is 40.9 Å². The standard InChI is InChI=1S/C12H14ClNO/c1-3-8(2)6-12(15)10-5-4-9(13)7-11(10)14/h4-5,7H,2-3,6,14H2,1H3. The van der Waals surface area contributed by atoms with Crippen LogP contribution >= 0.6 is 11.6 Å². The number of benzene rings is 1. The van der Waals surface area contributed by atoms with Gasteiger partial charge in [-0.3, -0.25) is 4.79 Å². The number of rotatable bonds is 4. The third-order valence-corrected chi connectivity index (χ3v) is 2.46. The van der Waals surface area contributed by atoms with E-state index in [-0.39, 0.29) is 5.78 Å². The fourth-order valence-electron chi connectivity index (χ4n) is 1.23. The SMILES string of the molecule is C=C(CC)CC(=O)c1ccc(Cl)cc1N. The second kappa shape index (κ2) is 4.99. The Bertz CT molecular complexity index is 399. The van der Waals surface area contributed by atoms with Crippen molar-refractivity contribution in [2.24, 2.45) is 0 Å². The van der Waals surface area contributed by atoms with Crippen molar-refractivity contribution >= 4 is 23.1 Å². The molecular weight excluding hydrogens is 210 g/mol. The number of carbonyl (C=O) groups excluding carboxylic acids is 1. The Hall–Kier alpha value is -1.28. The van der Waals surface area contributed by atoms with E-state index in [1.165, 1.54) is 0 Å². The number of hydrogen-bond donors (Lipinski definition) is 1. The number of nitrogen functional groups attached to an aromatic ring is 1. The molecule has 1 aromatic carbocycles. The maximum absolute atomic E-state index is 11.8. The van der Waals surface area contributed by atoms with Gasteiger partial charge in [-0.2, -0.15) is 0 Å². The Labute approximate surface area is 94.7 Å². The number of Topliss-reactive ketones (excluding diaryl/α,β-unsaturated/α-hetero) is 1. The first-order valence-corrected chi connectivity index (χ1v) is 5.17. The highest BCUT2D eigenvalue weighted by Gasteiger charge is 2.10. The predicted octanol–water partition coefficient (Wildman–Crippen LogP) is 3.46. The third-order valence-electron chi connectivity index (χ3n) is 2.22. The van der Waals surface area contributed by atoms with Crippen molar-refractivity contribution in [1.29, 1.82) is 0 Å². The number of ketones is 1. The minimum atomic E-state index is -0.00369. The van der Waals surface area contributed by atoms with Crippen molar-refractivity contribution in [3.63, 3.8) is 0 Å². The minimum absolute atomic E-state index is 0.00369. The highest BCUT2D eigenvalue weighted by molar-refractivity contribution is 6.31. The van der Waals surface area contributed by atoms with Crippen molar-refractivity contribution in [1.82, 2.24) is 0 Å². The van der Waals surface area contributed by atoms with E-state index in [0.29, 0.717) is 22.7 Å². The summed E-state index contributed by atoms with van der Waals surface area (Å²) in [7, 11) is 0. The van der Waals surface area contributed by atoms with Crippen LogP contribution in [0.5, 0.6) is 0 Å². The first-order valence-electron chi connectivity index (χ1n) is 4.79. The van der Waals surface area contributed by atoms with Crippen LogP contribution in [0.25, 0.3) is 0 Å². The van der Waals surface area contributed by atoms with E-state index in [2.05, 4.69) is 6.58 Å². The first-order chi connectivity index (χ1) is 7.04. The number of halogens is 1. The van der Waals surface area contributed by atoms with E-state index in [1.54, 1.807) is 18.2 Å². The van der Waals surface area contributed by atoms with Crippen molar-refractivity contribution < 1.29 is 4.79 Å². The highest BCUT2D eigenvalue weighted by Crippen LogP contribution is 2.20. The minimum Gasteiger partial charge on any atom is -0.398 e. The molecule has 0 amide bonds. The second-order valence-electron chi connectivity index (χ2n) is 3.44. The summed E-state index contributed by atoms with van der Waals surface area (Å²) in [6, 6.07) is 4.91. The monoisotopic (exact) mass is 223 g/mol. The Morgan fingerprint density at radius 1 is 1.53 bits per heavy atom. The van der Waals surface area contributed by atoms with Gasteiger partial charge in [-0.05, 0) is 24.6 Å². The molecular formula is C12H14ClNO. The molecule has 0 saturated heterocycles. The van der Waals surface area contributed by atoms with Crippen LogP contribution in [-0.2, 0) is 0 Å². The van der Waals surface area contributed by atoms with Crippen LogP contribution in [0.3, 0.4) is 0 Å². The predicted molar refractivity (Wildman–Crippen MR) is 64.2 cm³/mol. The van der Waals surface area contributed by atoms with Crippen molar-refractivity contribution in [3.8, 4) is 0 Å². The Balaban J connectivity index is 2.87. The summed E-state index contributed by atoms with van der Waals surface area (Å²) < 4.78 is 0. The van der Waals surface area contributed by atoms with Crippen LogP contribution in [0.2, 0.25) is 5.02 Å². The van der Waals surface area contributed by atoms with Crippen molar-refractivity contribution in [2.45, 2.75) is 19.8 Å². The molecule has 0 atom stereocenters. The first kappa shape index (κ1) is 11.8. The molecule has 80 valence electrons. The fraction of sp³-hybridized carbons (Fsp3) is 0.250. The topological polar surface area (TPSA) is 43.1 Å². The molecule has 0 saturated carbocycles. The van der Waals surface area contributed by atoms with Gasteiger partial charge in [0.25, 0.3) is 0 Å². The quantitative estimate of drug-likeness (QED) is 0.483. The van der Waals surface area contributed by atoms with Gasteiger partial charge >= 0.3 is 0 Å². The lowest BCUT2D eigenvalue weighted by Crippen LogP contribution is -2.04. The van der Waals surface area contributed by atoms with Gasteiger partial charge in [-0.25, -0.2) is 0 Å². The fourth-order valence-corrected chi connectivity index (χ4v) is 1.42. The molecule has 2 N–H and O–H groups in total. The average Bonchev–Trinajstić information content (AvgIpc) is 2.17. The Kier molecular flexibility index (Phi) is 3.92. The summed E-state index contributed by atoms with van der Waals surface area (Å²) in [5, 5.41) is 0.540. The molecule has 1 aromatic rings. The van der Waals surface area contributed by atoms with Crippen LogP contribution in [0, 0.1) is 0 Å². The molecule has 0 aliphatic heterocycles. The van der Waals surface area contributed by atoms with Crippen LogP contribution < -0.4 is 5.73 Å². The molecule has 0 radical (unpaired) electrons. The lowest BCUT2D eigenvalue weighted by Gasteiger charge is -2.05. The van der Waals surface area contributed by atoms with Gasteiger partial charge in [0.1, 0.15) is 0 Å².